The average Bonchev–Trinajstić information content (AvgIpc) is 3.07. The van der Waals surface area contributed by atoms with Crippen LogP contribution in [0.4, 0.5) is 10.1 Å². The summed E-state index contributed by atoms with van der Waals surface area (Å²) in [7, 11) is 1.59. The zero-order chi connectivity index (χ0) is 18.7. The lowest BCUT2D eigenvalue weighted by Crippen LogP contribution is -2.58. The van der Waals surface area contributed by atoms with E-state index in [0.29, 0.717) is 36.5 Å². The van der Waals surface area contributed by atoms with Crippen LogP contribution in [0.25, 0.3) is 0 Å². The predicted molar refractivity (Wildman–Crippen MR) is 101 cm³/mol. The number of hydrogen-bond donors (Lipinski definition) is 2. The number of carbonyl (C=O) groups excluding carboxylic acids is 2. The van der Waals surface area contributed by atoms with Gasteiger partial charge >= 0.3 is 0 Å². The number of likely N-dealkylation sites (tertiary alicyclic amines) is 1. The third kappa shape index (κ3) is 3.72. The van der Waals surface area contributed by atoms with Crippen molar-refractivity contribution < 1.29 is 14.0 Å². The molecular formula is C19H22FN3O2S. The average molecular weight is 375 g/mol. The van der Waals surface area contributed by atoms with Crippen LogP contribution in [0.15, 0.2) is 36.4 Å². The second kappa shape index (κ2) is 7.45. The van der Waals surface area contributed by atoms with Crippen LogP contribution in [0.2, 0.25) is 0 Å². The Balaban J connectivity index is 1.75. The van der Waals surface area contributed by atoms with Crippen LogP contribution < -0.4 is 10.6 Å². The summed E-state index contributed by atoms with van der Waals surface area (Å²) in [6, 6.07) is 9.85. The minimum atomic E-state index is -0.856. The Bertz CT molecular complexity index is 813. The minimum absolute atomic E-state index is 0.000591. The molecule has 26 heavy (non-hydrogen) atoms. The molecule has 0 unspecified atom stereocenters. The zero-order valence-corrected chi connectivity index (χ0v) is 15.7. The van der Waals surface area contributed by atoms with Crippen LogP contribution in [0.1, 0.15) is 27.4 Å². The van der Waals surface area contributed by atoms with Gasteiger partial charge < -0.3 is 15.5 Å². The Morgan fingerprint density at radius 3 is 2.50 bits per heavy atom. The van der Waals surface area contributed by atoms with Crippen LogP contribution >= 0.6 is 11.3 Å². The van der Waals surface area contributed by atoms with E-state index in [4.69, 9.17) is 0 Å². The van der Waals surface area contributed by atoms with Crippen molar-refractivity contribution in [3.8, 4) is 0 Å². The molecule has 0 aliphatic carbocycles. The van der Waals surface area contributed by atoms with Crippen molar-refractivity contribution in [3.05, 3.63) is 52.0 Å². The molecule has 0 atom stereocenters. The first-order chi connectivity index (χ1) is 12.4. The second-order valence-corrected chi connectivity index (χ2v) is 7.79. The predicted octanol–water partition coefficient (Wildman–Crippen LogP) is 3.03. The van der Waals surface area contributed by atoms with Gasteiger partial charge in [-0.25, -0.2) is 4.39 Å². The lowest BCUT2D eigenvalue weighted by atomic mass is 9.86. The number of hydrogen-bond acceptors (Lipinski definition) is 4. The maximum Gasteiger partial charge on any atom is 0.263 e. The zero-order valence-electron chi connectivity index (χ0n) is 14.8. The molecule has 2 aromatic rings. The summed E-state index contributed by atoms with van der Waals surface area (Å²) in [5.41, 5.74) is -0.299. The summed E-state index contributed by atoms with van der Waals surface area (Å²) in [5.74, 6) is -0.511. The quantitative estimate of drug-likeness (QED) is 0.864. The monoisotopic (exact) mass is 375 g/mol. The summed E-state index contributed by atoms with van der Waals surface area (Å²) in [6.45, 7) is 2.90. The molecular weight excluding hydrogens is 353 g/mol. The highest BCUT2D eigenvalue weighted by Gasteiger charge is 2.42. The largest absolute Gasteiger partial charge is 0.371 e. The molecule has 2 heterocycles. The molecule has 7 heteroatoms. The third-order valence-corrected chi connectivity index (χ3v) is 5.71. The smallest absolute Gasteiger partial charge is 0.263 e. The van der Waals surface area contributed by atoms with Gasteiger partial charge in [0.25, 0.3) is 5.91 Å². The van der Waals surface area contributed by atoms with Crippen molar-refractivity contribution >= 4 is 28.8 Å². The SMILES string of the molecule is CNC(=O)C1(Nc2cccc(F)c2)CCN(C(=O)c2ccc(C)s2)CC1. The standard InChI is InChI=1S/C19H22FN3O2S/c1-13-6-7-16(26-13)17(24)23-10-8-19(9-11-23,18(25)21-2)22-15-5-3-4-14(20)12-15/h3-7,12,22H,8-11H2,1-2H3,(H,21,25). The van der Waals surface area contributed by atoms with E-state index >= 15 is 0 Å². The van der Waals surface area contributed by atoms with Gasteiger partial charge in [-0.1, -0.05) is 6.07 Å². The van der Waals surface area contributed by atoms with E-state index in [1.54, 1.807) is 24.1 Å². The van der Waals surface area contributed by atoms with Crippen LogP contribution in [0.5, 0.6) is 0 Å². The summed E-state index contributed by atoms with van der Waals surface area (Å²) in [4.78, 5) is 28.8. The second-order valence-electron chi connectivity index (χ2n) is 6.50. The fourth-order valence-electron chi connectivity index (χ4n) is 3.29. The van der Waals surface area contributed by atoms with Crippen molar-refractivity contribution in [3.63, 3.8) is 0 Å². The first kappa shape index (κ1) is 18.4. The number of halogens is 1. The van der Waals surface area contributed by atoms with Crippen molar-refractivity contribution in [1.29, 1.82) is 0 Å². The van der Waals surface area contributed by atoms with Crippen LogP contribution in [-0.4, -0.2) is 42.4 Å². The number of nitrogens with zero attached hydrogens (tertiary/aromatic N) is 1. The molecule has 0 radical (unpaired) electrons. The topological polar surface area (TPSA) is 61.4 Å². The number of carbonyl (C=O) groups is 2. The van der Waals surface area contributed by atoms with Gasteiger partial charge in [0, 0.05) is 30.7 Å². The van der Waals surface area contributed by atoms with Gasteiger partial charge in [-0.3, -0.25) is 9.59 Å². The van der Waals surface area contributed by atoms with Gasteiger partial charge in [0.1, 0.15) is 11.4 Å². The molecule has 1 saturated heterocycles. The van der Waals surface area contributed by atoms with Gasteiger partial charge in [-0.2, -0.15) is 0 Å². The molecule has 1 aromatic heterocycles. The van der Waals surface area contributed by atoms with E-state index in [9.17, 15) is 14.0 Å². The molecule has 138 valence electrons. The van der Waals surface area contributed by atoms with Gasteiger partial charge in [0.15, 0.2) is 0 Å². The van der Waals surface area contributed by atoms with Crippen molar-refractivity contribution in [1.82, 2.24) is 10.2 Å². The lowest BCUT2D eigenvalue weighted by molar-refractivity contribution is -0.126. The minimum Gasteiger partial charge on any atom is -0.371 e. The fraction of sp³-hybridized carbons (Fsp3) is 0.368. The Hall–Kier alpha value is -2.41. The van der Waals surface area contributed by atoms with Gasteiger partial charge in [0.05, 0.1) is 4.88 Å². The molecule has 3 rings (SSSR count). The Morgan fingerprint density at radius 2 is 1.92 bits per heavy atom. The maximum absolute atomic E-state index is 13.5. The van der Waals surface area contributed by atoms with E-state index < -0.39 is 5.54 Å². The number of piperidine rings is 1. The Morgan fingerprint density at radius 1 is 1.19 bits per heavy atom. The summed E-state index contributed by atoms with van der Waals surface area (Å²) >= 11 is 1.48. The summed E-state index contributed by atoms with van der Waals surface area (Å²) < 4.78 is 13.5. The number of aryl methyl sites for hydroxylation is 1. The van der Waals surface area contributed by atoms with Crippen LogP contribution in [0.3, 0.4) is 0 Å². The number of amides is 2. The molecule has 1 fully saturated rings. The fourth-order valence-corrected chi connectivity index (χ4v) is 4.12. The van der Waals surface area contributed by atoms with Gasteiger partial charge in [0.2, 0.25) is 5.91 Å². The van der Waals surface area contributed by atoms with E-state index in [0.717, 1.165) is 4.88 Å². The Labute approximate surface area is 156 Å². The number of rotatable bonds is 4. The molecule has 0 spiro atoms. The number of likely N-dealkylation sites (N-methyl/N-ethyl adjacent to an activating group) is 1. The molecule has 2 amide bonds. The number of thiophene rings is 1. The molecule has 0 bridgehead atoms. The Kier molecular flexibility index (Phi) is 5.27. The molecule has 1 aliphatic heterocycles. The van der Waals surface area contributed by atoms with Crippen LogP contribution in [0, 0.1) is 12.7 Å². The van der Waals surface area contributed by atoms with Crippen molar-refractivity contribution in [2.24, 2.45) is 0 Å². The highest BCUT2D eigenvalue weighted by Crippen LogP contribution is 2.29. The van der Waals surface area contributed by atoms with E-state index in [-0.39, 0.29) is 17.6 Å². The van der Waals surface area contributed by atoms with Crippen molar-refractivity contribution in [2.45, 2.75) is 25.3 Å². The molecule has 1 aliphatic rings. The first-order valence-electron chi connectivity index (χ1n) is 8.55. The maximum atomic E-state index is 13.5. The number of benzene rings is 1. The molecule has 2 N–H and O–H groups in total. The lowest BCUT2D eigenvalue weighted by Gasteiger charge is -2.41. The first-order valence-corrected chi connectivity index (χ1v) is 9.37. The van der Waals surface area contributed by atoms with Crippen molar-refractivity contribution in [2.75, 3.05) is 25.5 Å². The number of anilines is 1. The van der Waals surface area contributed by atoms with E-state index in [2.05, 4.69) is 10.6 Å². The molecule has 5 nitrogen and oxygen atoms in total. The van der Waals surface area contributed by atoms with E-state index in [1.165, 1.54) is 23.5 Å². The molecule has 1 aromatic carbocycles. The normalized spacial score (nSPS) is 16.2. The summed E-state index contributed by atoms with van der Waals surface area (Å²) in [5, 5.41) is 5.89. The third-order valence-electron chi connectivity index (χ3n) is 4.73. The highest BCUT2D eigenvalue weighted by molar-refractivity contribution is 7.13. The number of nitrogens with one attached hydrogen (secondary N) is 2. The highest BCUT2D eigenvalue weighted by atomic mass is 32.1. The van der Waals surface area contributed by atoms with E-state index in [1.807, 2.05) is 19.1 Å². The molecule has 0 saturated carbocycles. The van der Waals surface area contributed by atoms with Gasteiger partial charge in [-0.15, -0.1) is 11.3 Å². The summed E-state index contributed by atoms with van der Waals surface area (Å²) in [6.07, 6.45) is 0.915. The van der Waals surface area contributed by atoms with Crippen LogP contribution in [-0.2, 0) is 4.79 Å². The van der Waals surface area contributed by atoms with Gasteiger partial charge in [-0.05, 0) is 50.1 Å².